The molecule has 3 rings (SSSR count). The number of rotatable bonds is 10. The molecule has 1 aromatic carbocycles. The van der Waals surface area contributed by atoms with Gasteiger partial charge in [0.05, 0.1) is 25.1 Å². The Morgan fingerprint density at radius 3 is 2.88 bits per heavy atom. The molecule has 0 amide bonds. The fourth-order valence-corrected chi connectivity index (χ4v) is 3.35. The van der Waals surface area contributed by atoms with E-state index in [2.05, 4.69) is 36.1 Å². The molecule has 2 aromatic rings. The van der Waals surface area contributed by atoms with Crippen LogP contribution in [-0.2, 0) is 22.6 Å². The molecule has 5 heteroatoms. The summed E-state index contributed by atoms with van der Waals surface area (Å²) < 4.78 is 16.6. The number of hydrogen-bond acceptors (Lipinski definition) is 5. The van der Waals surface area contributed by atoms with Gasteiger partial charge >= 0.3 is 0 Å². The van der Waals surface area contributed by atoms with Gasteiger partial charge in [-0.1, -0.05) is 24.3 Å². The molecule has 1 aromatic heterocycles. The molecule has 1 aliphatic rings. The molecule has 1 saturated heterocycles. The number of nitrogens with zero attached hydrogens (tertiary/aromatic N) is 1. The summed E-state index contributed by atoms with van der Waals surface area (Å²) in [6.07, 6.45) is 3.55. The van der Waals surface area contributed by atoms with Crippen molar-refractivity contribution in [2.75, 3.05) is 26.3 Å². The van der Waals surface area contributed by atoms with Crippen LogP contribution in [-0.4, -0.2) is 48.5 Å². The van der Waals surface area contributed by atoms with Crippen molar-refractivity contribution in [1.29, 1.82) is 0 Å². The van der Waals surface area contributed by atoms with E-state index in [1.54, 1.807) is 6.26 Å². The Bertz CT molecular complexity index is 637. The van der Waals surface area contributed by atoms with Crippen molar-refractivity contribution in [2.45, 2.75) is 45.1 Å². The molecule has 0 unspecified atom stereocenters. The second-order valence-electron chi connectivity index (χ2n) is 7.00. The molecule has 2 heterocycles. The lowest BCUT2D eigenvalue weighted by Crippen LogP contribution is -2.39. The van der Waals surface area contributed by atoms with E-state index in [-0.39, 0.29) is 12.7 Å². The van der Waals surface area contributed by atoms with E-state index in [1.165, 1.54) is 11.1 Å². The van der Waals surface area contributed by atoms with Crippen LogP contribution < -0.4 is 0 Å². The van der Waals surface area contributed by atoms with E-state index < -0.39 is 6.10 Å². The third-order valence-corrected chi connectivity index (χ3v) is 4.74. The maximum atomic E-state index is 10.4. The second kappa shape index (κ2) is 9.88. The third-order valence-electron chi connectivity index (χ3n) is 4.74. The first-order valence-corrected chi connectivity index (χ1v) is 9.37. The Labute approximate surface area is 155 Å². The molecular formula is C21H29NO4. The van der Waals surface area contributed by atoms with Crippen LogP contribution in [0.25, 0.3) is 0 Å². The largest absolute Gasteiger partial charge is 0.467 e. The summed E-state index contributed by atoms with van der Waals surface area (Å²) >= 11 is 0. The fourth-order valence-electron chi connectivity index (χ4n) is 3.35. The highest BCUT2D eigenvalue weighted by Crippen LogP contribution is 2.17. The van der Waals surface area contributed by atoms with Crippen LogP contribution in [0.5, 0.6) is 0 Å². The molecule has 1 N–H and O–H groups in total. The summed E-state index contributed by atoms with van der Waals surface area (Å²) in [6.45, 7) is 5.85. The first kappa shape index (κ1) is 19.1. The predicted molar refractivity (Wildman–Crippen MR) is 99.8 cm³/mol. The highest BCUT2D eigenvalue weighted by Gasteiger charge is 2.21. The van der Waals surface area contributed by atoms with Crippen LogP contribution in [0.3, 0.4) is 0 Å². The molecule has 0 aliphatic carbocycles. The standard InChI is InChI=1S/C21H29NO4/c1-17-6-2-3-7-18(17)12-22(14-20-8-4-10-25-20)13-19(23)15-24-16-21-9-5-11-26-21/h2-3,5-7,9,11,19-20,23H,4,8,10,12-16H2,1H3/t19-,20+/m1/s1. The quantitative estimate of drug-likeness (QED) is 0.706. The lowest BCUT2D eigenvalue weighted by molar-refractivity contribution is -0.00639. The summed E-state index contributed by atoms with van der Waals surface area (Å²) in [5.41, 5.74) is 2.56. The molecule has 5 nitrogen and oxygen atoms in total. The van der Waals surface area contributed by atoms with E-state index in [9.17, 15) is 5.11 Å². The Kier molecular flexibility index (Phi) is 7.26. The van der Waals surface area contributed by atoms with Crippen molar-refractivity contribution in [3.05, 3.63) is 59.5 Å². The summed E-state index contributed by atoms with van der Waals surface area (Å²) in [6, 6.07) is 12.1. The Hall–Kier alpha value is -1.66. The molecule has 1 fully saturated rings. The fraction of sp³-hybridized carbons (Fsp3) is 0.524. The summed E-state index contributed by atoms with van der Waals surface area (Å²) in [5, 5.41) is 10.4. The van der Waals surface area contributed by atoms with Crippen LogP contribution in [0, 0.1) is 6.92 Å². The zero-order chi connectivity index (χ0) is 18.2. The maximum Gasteiger partial charge on any atom is 0.129 e. The maximum absolute atomic E-state index is 10.4. The number of ether oxygens (including phenoxy) is 2. The first-order valence-electron chi connectivity index (χ1n) is 9.37. The van der Waals surface area contributed by atoms with Crippen molar-refractivity contribution < 1.29 is 19.0 Å². The third kappa shape index (κ3) is 5.95. The Morgan fingerprint density at radius 1 is 1.27 bits per heavy atom. The zero-order valence-electron chi connectivity index (χ0n) is 15.5. The van der Waals surface area contributed by atoms with E-state index in [0.29, 0.717) is 13.2 Å². The first-order chi connectivity index (χ1) is 12.7. The predicted octanol–water partition coefficient (Wildman–Crippen LogP) is 3.15. The van der Waals surface area contributed by atoms with Crippen LogP contribution in [0.2, 0.25) is 0 Å². The highest BCUT2D eigenvalue weighted by atomic mass is 16.5. The van der Waals surface area contributed by atoms with Crippen LogP contribution in [0.4, 0.5) is 0 Å². The van der Waals surface area contributed by atoms with Gasteiger partial charge in [-0.25, -0.2) is 0 Å². The normalized spacial score (nSPS) is 18.5. The summed E-state index contributed by atoms with van der Waals surface area (Å²) in [7, 11) is 0. The monoisotopic (exact) mass is 359 g/mol. The van der Waals surface area contributed by atoms with Gasteiger partial charge in [-0.3, -0.25) is 4.90 Å². The van der Waals surface area contributed by atoms with E-state index in [1.807, 2.05) is 12.1 Å². The van der Waals surface area contributed by atoms with Gasteiger partial charge in [0.15, 0.2) is 0 Å². The summed E-state index contributed by atoms with van der Waals surface area (Å²) in [4.78, 5) is 2.28. The van der Waals surface area contributed by atoms with E-state index >= 15 is 0 Å². The number of aliphatic hydroxyl groups is 1. The number of furan rings is 1. The molecule has 142 valence electrons. The molecule has 0 spiro atoms. The number of benzene rings is 1. The summed E-state index contributed by atoms with van der Waals surface area (Å²) in [5.74, 6) is 0.772. The smallest absolute Gasteiger partial charge is 0.129 e. The van der Waals surface area contributed by atoms with Crippen molar-refractivity contribution in [3.63, 3.8) is 0 Å². The SMILES string of the molecule is Cc1ccccc1CN(C[C@@H](O)COCc1ccco1)C[C@@H]1CCCO1. The molecule has 2 atom stereocenters. The Morgan fingerprint density at radius 2 is 2.15 bits per heavy atom. The molecule has 26 heavy (non-hydrogen) atoms. The van der Waals surface area contributed by atoms with Crippen LogP contribution >= 0.6 is 0 Å². The average molecular weight is 359 g/mol. The van der Waals surface area contributed by atoms with Gasteiger partial charge in [0.2, 0.25) is 0 Å². The number of hydrogen-bond donors (Lipinski definition) is 1. The molecule has 1 aliphatic heterocycles. The lowest BCUT2D eigenvalue weighted by Gasteiger charge is -2.28. The van der Waals surface area contributed by atoms with Gasteiger partial charge in [-0.05, 0) is 43.0 Å². The average Bonchev–Trinajstić information content (AvgIpc) is 3.31. The van der Waals surface area contributed by atoms with E-state index in [0.717, 1.165) is 38.3 Å². The van der Waals surface area contributed by atoms with Gasteiger partial charge in [0.25, 0.3) is 0 Å². The van der Waals surface area contributed by atoms with Gasteiger partial charge in [0.1, 0.15) is 12.4 Å². The number of aryl methyl sites for hydroxylation is 1. The van der Waals surface area contributed by atoms with Crippen LogP contribution in [0.15, 0.2) is 47.1 Å². The van der Waals surface area contributed by atoms with Crippen LogP contribution in [0.1, 0.15) is 29.7 Å². The van der Waals surface area contributed by atoms with Crippen molar-refractivity contribution in [2.24, 2.45) is 0 Å². The molecular weight excluding hydrogens is 330 g/mol. The van der Waals surface area contributed by atoms with Gasteiger partial charge in [0, 0.05) is 26.2 Å². The van der Waals surface area contributed by atoms with Gasteiger partial charge in [-0.2, -0.15) is 0 Å². The lowest BCUT2D eigenvalue weighted by atomic mass is 10.1. The Balaban J connectivity index is 1.52. The topological polar surface area (TPSA) is 55.1 Å². The van der Waals surface area contributed by atoms with E-state index in [4.69, 9.17) is 13.9 Å². The highest BCUT2D eigenvalue weighted by molar-refractivity contribution is 5.25. The second-order valence-corrected chi connectivity index (χ2v) is 7.00. The molecule has 0 saturated carbocycles. The van der Waals surface area contributed by atoms with Crippen molar-refractivity contribution in [3.8, 4) is 0 Å². The van der Waals surface area contributed by atoms with Gasteiger partial charge in [-0.15, -0.1) is 0 Å². The zero-order valence-corrected chi connectivity index (χ0v) is 15.5. The van der Waals surface area contributed by atoms with Gasteiger partial charge < -0.3 is 19.0 Å². The number of aliphatic hydroxyl groups excluding tert-OH is 1. The minimum Gasteiger partial charge on any atom is -0.467 e. The minimum absolute atomic E-state index is 0.259. The minimum atomic E-state index is -0.546. The molecule has 0 radical (unpaired) electrons. The van der Waals surface area contributed by atoms with Crippen molar-refractivity contribution in [1.82, 2.24) is 4.90 Å². The van der Waals surface area contributed by atoms with Crippen molar-refractivity contribution >= 4 is 0 Å². The molecule has 0 bridgehead atoms.